The van der Waals surface area contributed by atoms with Gasteiger partial charge in [-0.3, -0.25) is 9.63 Å². The van der Waals surface area contributed by atoms with Crippen LogP contribution < -0.4 is 0 Å². The summed E-state index contributed by atoms with van der Waals surface area (Å²) in [6.07, 6.45) is -0.414. The van der Waals surface area contributed by atoms with Crippen LogP contribution in [0, 0.1) is 5.92 Å². The molecule has 0 heterocycles. The van der Waals surface area contributed by atoms with E-state index in [0.29, 0.717) is 13.2 Å². The van der Waals surface area contributed by atoms with Gasteiger partial charge in [-0.2, -0.15) is 0 Å². The molecular formula is C13H27NO6. The van der Waals surface area contributed by atoms with Crippen LogP contribution in [-0.4, -0.2) is 72.1 Å². The molecule has 0 aromatic rings. The fourth-order valence-corrected chi connectivity index (χ4v) is 1.76. The zero-order valence-electron chi connectivity index (χ0n) is 13.3. The summed E-state index contributed by atoms with van der Waals surface area (Å²) >= 11 is 0. The van der Waals surface area contributed by atoms with Gasteiger partial charge in [0, 0.05) is 41.6 Å². The first-order chi connectivity index (χ1) is 9.53. The van der Waals surface area contributed by atoms with Gasteiger partial charge in [-0.05, 0) is 6.42 Å². The molecule has 0 radical (unpaired) electrons. The Morgan fingerprint density at radius 1 is 1.10 bits per heavy atom. The lowest BCUT2D eigenvalue weighted by molar-refractivity contribution is -0.210. The number of carbonyl (C=O) groups is 1. The summed E-state index contributed by atoms with van der Waals surface area (Å²) in [5.74, 6) is -0.671. The molecule has 0 rings (SSSR count). The number of hydrogen-bond acceptors (Lipinski definition) is 6. The Bertz CT molecular complexity index is 259. The summed E-state index contributed by atoms with van der Waals surface area (Å²) in [4.78, 5) is 17.0. The molecule has 20 heavy (non-hydrogen) atoms. The van der Waals surface area contributed by atoms with E-state index in [4.69, 9.17) is 23.8 Å². The second-order valence-corrected chi connectivity index (χ2v) is 4.33. The van der Waals surface area contributed by atoms with Crippen LogP contribution in [-0.2, 0) is 28.6 Å². The zero-order chi connectivity index (χ0) is 15.5. The maximum absolute atomic E-state index is 12.1. The van der Waals surface area contributed by atoms with Crippen molar-refractivity contribution in [2.45, 2.75) is 25.7 Å². The van der Waals surface area contributed by atoms with Crippen molar-refractivity contribution in [3.63, 3.8) is 0 Å². The van der Waals surface area contributed by atoms with Gasteiger partial charge in [0.25, 0.3) is 5.91 Å². The third kappa shape index (κ3) is 6.15. The molecule has 120 valence electrons. The van der Waals surface area contributed by atoms with Crippen molar-refractivity contribution in [3.8, 4) is 0 Å². The van der Waals surface area contributed by atoms with Crippen LogP contribution in [0.4, 0.5) is 0 Å². The predicted octanol–water partition coefficient (Wildman–Crippen LogP) is 0.683. The summed E-state index contributed by atoms with van der Waals surface area (Å²) in [6, 6.07) is 0. The molecule has 0 unspecified atom stereocenters. The molecule has 0 aromatic carbocycles. The lowest BCUT2D eigenvalue weighted by Crippen LogP contribution is -2.45. The highest BCUT2D eigenvalue weighted by atomic mass is 16.7. The molecule has 0 bridgehead atoms. The normalized spacial score (nSPS) is 14.3. The predicted molar refractivity (Wildman–Crippen MR) is 73.0 cm³/mol. The minimum Gasteiger partial charge on any atom is -0.385 e. The SMILES string of the molecule is COCCCO[C@@H](C(OC)OC)[C@@H](C)C(=O)N(C)OC. The van der Waals surface area contributed by atoms with Crippen molar-refractivity contribution in [2.75, 3.05) is 48.7 Å². The molecule has 7 heteroatoms. The molecule has 0 aliphatic rings. The van der Waals surface area contributed by atoms with Crippen LogP contribution in [0.25, 0.3) is 0 Å². The minimum absolute atomic E-state index is 0.205. The quantitative estimate of drug-likeness (QED) is 0.317. The Labute approximate surface area is 121 Å². The van der Waals surface area contributed by atoms with Crippen LogP contribution >= 0.6 is 0 Å². The molecule has 0 saturated heterocycles. The second-order valence-electron chi connectivity index (χ2n) is 4.33. The standard InChI is InChI=1S/C13H27NO6/c1-10(12(15)14(2)19-6)11(13(17-4)18-5)20-9-7-8-16-3/h10-11,13H,7-9H2,1-6H3/t10-,11-/m1/s1. The van der Waals surface area contributed by atoms with Crippen molar-refractivity contribution in [3.05, 3.63) is 0 Å². The maximum Gasteiger partial charge on any atom is 0.251 e. The summed E-state index contributed by atoms with van der Waals surface area (Å²) in [7, 11) is 7.64. The zero-order valence-corrected chi connectivity index (χ0v) is 13.3. The summed E-state index contributed by atoms with van der Waals surface area (Å²) < 4.78 is 21.1. The van der Waals surface area contributed by atoms with Gasteiger partial charge in [0.1, 0.15) is 6.10 Å². The summed E-state index contributed by atoms with van der Waals surface area (Å²) in [6.45, 7) is 2.80. The highest BCUT2D eigenvalue weighted by Gasteiger charge is 2.34. The number of hydrogen-bond donors (Lipinski definition) is 0. The van der Waals surface area contributed by atoms with E-state index >= 15 is 0 Å². The number of hydroxylamine groups is 2. The van der Waals surface area contributed by atoms with E-state index in [1.807, 2.05) is 0 Å². The van der Waals surface area contributed by atoms with E-state index in [1.165, 1.54) is 26.4 Å². The average molecular weight is 293 g/mol. The van der Waals surface area contributed by atoms with E-state index in [2.05, 4.69) is 0 Å². The average Bonchev–Trinajstić information content (AvgIpc) is 2.48. The molecule has 0 fully saturated rings. The van der Waals surface area contributed by atoms with Crippen LogP contribution in [0.5, 0.6) is 0 Å². The summed E-state index contributed by atoms with van der Waals surface area (Å²) in [5, 5.41) is 1.17. The number of nitrogens with zero attached hydrogens (tertiary/aromatic N) is 1. The van der Waals surface area contributed by atoms with Crippen LogP contribution in [0.2, 0.25) is 0 Å². The van der Waals surface area contributed by atoms with E-state index in [-0.39, 0.29) is 5.91 Å². The fraction of sp³-hybridized carbons (Fsp3) is 0.923. The molecule has 0 aliphatic heterocycles. The first kappa shape index (κ1) is 19.3. The largest absolute Gasteiger partial charge is 0.385 e. The number of ether oxygens (including phenoxy) is 4. The van der Waals surface area contributed by atoms with Crippen LogP contribution in [0.1, 0.15) is 13.3 Å². The Hall–Kier alpha value is -0.730. The molecule has 0 N–H and O–H groups in total. The lowest BCUT2D eigenvalue weighted by atomic mass is 10.0. The first-order valence-corrected chi connectivity index (χ1v) is 6.51. The van der Waals surface area contributed by atoms with Crippen LogP contribution in [0.15, 0.2) is 0 Å². The molecule has 7 nitrogen and oxygen atoms in total. The highest BCUT2D eigenvalue weighted by molar-refractivity contribution is 5.77. The lowest BCUT2D eigenvalue weighted by Gasteiger charge is -2.30. The Balaban J connectivity index is 4.68. The number of methoxy groups -OCH3 is 3. The molecule has 1 amide bonds. The van der Waals surface area contributed by atoms with E-state index in [0.717, 1.165) is 6.42 Å². The van der Waals surface area contributed by atoms with Crippen molar-refractivity contribution >= 4 is 5.91 Å². The number of carbonyl (C=O) groups excluding carboxylic acids is 1. The third-order valence-corrected chi connectivity index (χ3v) is 3.00. The second kappa shape index (κ2) is 11.0. The van der Waals surface area contributed by atoms with Crippen molar-refractivity contribution in [2.24, 2.45) is 5.92 Å². The summed E-state index contributed by atoms with van der Waals surface area (Å²) in [5.41, 5.74) is 0. The molecule has 0 aromatic heterocycles. The Morgan fingerprint density at radius 2 is 1.70 bits per heavy atom. The van der Waals surface area contributed by atoms with Gasteiger partial charge < -0.3 is 18.9 Å². The van der Waals surface area contributed by atoms with Gasteiger partial charge in [0.05, 0.1) is 13.0 Å². The molecule has 0 spiro atoms. The smallest absolute Gasteiger partial charge is 0.251 e. The molecule has 0 saturated carbocycles. The Morgan fingerprint density at radius 3 is 2.15 bits per heavy atom. The third-order valence-electron chi connectivity index (χ3n) is 3.00. The van der Waals surface area contributed by atoms with Crippen molar-refractivity contribution in [1.29, 1.82) is 0 Å². The number of rotatable bonds is 11. The van der Waals surface area contributed by atoms with E-state index in [9.17, 15) is 4.79 Å². The molecule has 0 aliphatic carbocycles. The van der Waals surface area contributed by atoms with Gasteiger partial charge in [-0.15, -0.1) is 0 Å². The maximum atomic E-state index is 12.1. The van der Waals surface area contributed by atoms with Crippen molar-refractivity contribution < 1.29 is 28.6 Å². The minimum atomic E-state index is -0.623. The fourth-order valence-electron chi connectivity index (χ4n) is 1.76. The van der Waals surface area contributed by atoms with E-state index < -0.39 is 18.3 Å². The molecular weight excluding hydrogens is 266 g/mol. The van der Waals surface area contributed by atoms with Gasteiger partial charge in [0.15, 0.2) is 6.29 Å². The van der Waals surface area contributed by atoms with E-state index in [1.54, 1.807) is 21.1 Å². The first-order valence-electron chi connectivity index (χ1n) is 6.51. The number of amides is 1. The highest BCUT2D eigenvalue weighted by Crippen LogP contribution is 2.17. The van der Waals surface area contributed by atoms with Crippen molar-refractivity contribution in [1.82, 2.24) is 5.06 Å². The van der Waals surface area contributed by atoms with Gasteiger partial charge in [0.2, 0.25) is 0 Å². The topological polar surface area (TPSA) is 66.5 Å². The Kier molecular flexibility index (Phi) is 10.6. The van der Waals surface area contributed by atoms with Gasteiger partial charge in [-0.25, -0.2) is 5.06 Å². The molecule has 2 atom stereocenters. The monoisotopic (exact) mass is 293 g/mol. The van der Waals surface area contributed by atoms with Gasteiger partial charge in [-0.1, -0.05) is 6.92 Å². The van der Waals surface area contributed by atoms with Crippen LogP contribution in [0.3, 0.4) is 0 Å². The van der Waals surface area contributed by atoms with Gasteiger partial charge >= 0.3 is 0 Å².